The van der Waals surface area contributed by atoms with Gasteiger partial charge in [-0.25, -0.2) is 13.8 Å². The van der Waals surface area contributed by atoms with Crippen LogP contribution < -0.4 is 4.74 Å². The molecule has 2 bridgehead atoms. The summed E-state index contributed by atoms with van der Waals surface area (Å²) in [5.74, 6) is -0.509. The molecule has 5 aliphatic rings. The highest BCUT2D eigenvalue weighted by atomic mass is 35.5. The van der Waals surface area contributed by atoms with Crippen LogP contribution >= 0.6 is 11.6 Å². The first-order chi connectivity index (χ1) is 22.1. The lowest BCUT2D eigenvalue weighted by molar-refractivity contribution is -0.131. The summed E-state index contributed by atoms with van der Waals surface area (Å²) in [7, 11) is 0. The first kappa shape index (κ1) is 30.0. The van der Waals surface area contributed by atoms with E-state index in [-0.39, 0.29) is 53.6 Å². The van der Waals surface area contributed by atoms with E-state index in [2.05, 4.69) is 18.4 Å². The van der Waals surface area contributed by atoms with Crippen LogP contribution in [0.25, 0.3) is 22.3 Å². The van der Waals surface area contributed by atoms with Crippen molar-refractivity contribution in [3.63, 3.8) is 0 Å². The second-order valence-corrected chi connectivity index (χ2v) is 14.8. The smallest absolute Gasteiger partial charge is 0.318 e. The number of aromatic nitrogens is 3. The molecule has 3 aromatic rings. The van der Waals surface area contributed by atoms with Crippen molar-refractivity contribution in [3.8, 4) is 23.0 Å². The molecular weight excluding hydrogens is 612 g/mol. The number of hydrogen-bond donors (Lipinski definition) is 1. The van der Waals surface area contributed by atoms with Gasteiger partial charge in [-0.15, -0.1) is 0 Å². The molecule has 1 N–H and O–H groups in total. The zero-order valence-corrected chi connectivity index (χ0v) is 26.7. The molecule has 1 aromatic carbocycles. The Bertz CT molecular complexity index is 1750. The molecule has 1 amide bonds. The number of alkyl halides is 1. The normalized spacial score (nSPS) is 30.6. The number of aromatic hydroxyl groups is 1. The molecule has 46 heavy (non-hydrogen) atoms. The van der Waals surface area contributed by atoms with Gasteiger partial charge in [0.15, 0.2) is 5.65 Å². The average Bonchev–Trinajstić information content (AvgIpc) is 3.61. The maximum absolute atomic E-state index is 16.2. The maximum Gasteiger partial charge on any atom is 0.318 e. The second-order valence-electron chi connectivity index (χ2n) is 14.4. The molecule has 4 saturated heterocycles. The Kier molecular flexibility index (Phi) is 7.07. The van der Waals surface area contributed by atoms with E-state index in [4.69, 9.17) is 31.3 Å². The zero-order valence-electron chi connectivity index (χ0n) is 25.9. The van der Waals surface area contributed by atoms with E-state index in [1.807, 2.05) is 4.90 Å². The van der Waals surface area contributed by atoms with Crippen molar-refractivity contribution in [2.45, 2.75) is 99.8 Å². The third-order valence-corrected chi connectivity index (χ3v) is 11.5. The number of rotatable bonds is 7. The predicted octanol–water partition coefficient (Wildman–Crippen LogP) is 6.62. The fraction of sp³-hybridized carbons (Fsp3) is 0.543. The fourth-order valence-electron chi connectivity index (χ4n) is 9.10. The molecule has 8 rings (SSSR count). The number of amides is 1. The van der Waals surface area contributed by atoms with E-state index in [0.29, 0.717) is 47.5 Å². The number of nitrogens with zero attached hydrogens (tertiary/aromatic N) is 5. The molecule has 11 heteroatoms. The number of pyridine rings is 1. The van der Waals surface area contributed by atoms with Crippen molar-refractivity contribution >= 4 is 28.5 Å². The molecule has 4 unspecified atom stereocenters. The number of ether oxygens (including phenoxy) is 1. The minimum atomic E-state index is -0.892. The third kappa shape index (κ3) is 4.86. The SMILES string of the molecule is C=CC(=O)N1C2CCC1CC(C)(c1nc(OCC34CCCN3CC(F)C4)nc3nc(-c4cc(O)cc(Cl)c4C4CC4)c(F)cc13)C2. The average molecular weight is 650 g/mol. The van der Waals surface area contributed by atoms with Gasteiger partial charge >= 0.3 is 6.01 Å². The number of phenols is 1. The second kappa shape index (κ2) is 10.8. The summed E-state index contributed by atoms with van der Waals surface area (Å²) >= 11 is 6.57. The molecule has 0 spiro atoms. The first-order valence-electron chi connectivity index (χ1n) is 16.5. The molecule has 242 valence electrons. The Labute approximate surface area is 271 Å². The molecule has 5 fully saturated rings. The van der Waals surface area contributed by atoms with Crippen LogP contribution in [0, 0.1) is 5.82 Å². The maximum atomic E-state index is 16.2. The molecule has 2 aromatic heterocycles. The Hall–Kier alpha value is -3.37. The van der Waals surface area contributed by atoms with Crippen LogP contribution in [0.2, 0.25) is 5.02 Å². The summed E-state index contributed by atoms with van der Waals surface area (Å²) in [4.78, 5) is 31.4. The van der Waals surface area contributed by atoms with Crippen LogP contribution in [0.3, 0.4) is 0 Å². The summed E-state index contributed by atoms with van der Waals surface area (Å²) in [6.07, 6.45) is 7.65. The molecule has 8 nitrogen and oxygen atoms in total. The molecule has 4 aliphatic heterocycles. The monoisotopic (exact) mass is 649 g/mol. The van der Waals surface area contributed by atoms with E-state index in [0.717, 1.165) is 50.6 Å². The molecule has 6 heterocycles. The predicted molar refractivity (Wildman–Crippen MR) is 170 cm³/mol. The van der Waals surface area contributed by atoms with Crippen molar-refractivity contribution in [1.29, 1.82) is 0 Å². The number of piperidine rings is 1. The summed E-state index contributed by atoms with van der Waals surface area (Å²) < 4.78 is 37.1. The van der Waals surface area contributed by atoms with Crippen molar-refractivity contribution in [3.05, 3.63) is 53.0 Å². The van der Waals surface area contributed by atoms with E-state index in [9.17, 15) is 14.3 Å². The van der Waals surface area contributed by atoms with Crippen molar-refractivity contribution in [2.24, 2.45) is 0 Å². The minimum Gasteiger partial charge on any atom is -0.508 e. The van der Waals surface area contributed by atoms with Gasteiger partial charge in [0.1, 0.15) is 30.0 Å². The van der Waals surface area contributed by atoms with Crippen LogP contribution in [-0.4, -0.2) is 79.3 Å². The zero-order chi connectivity index (χ0) is 32.0. The van der Waals surface area contributed by atoms with Gasteiger partial charge in [-0.05, 0) is 93.7 Å². The Balaban J connectivity index is 1.24. The van der Waals surface area contributed by atoms with E-state index < -0.39 is 22.9 Å². The molecule has 0 radical (unpaired) electrons. The largest absolute Gasteiger partial charge is 0.508 e. The highest BCUT2D eigenvalue weighted by Gasteiger charge is 2.51. The molecule has 1 aliphatic carbocycles. The standard InChI is InChI=1S/C35H38ClF2N5O3/c1-3-28(45)43-21-7-8-22(43)16-34(2,15-21)31-25-13-27(38)30(24-11-23(44)12-26(36)29(24)19-5-6-19)39-32(25)41-33(40-31)46-18-35-9-4-10-42(35)17-20(37)14-35/h3,11-13,19-22,44H,1,4-10,14-18H2,2H3. The molecule has 4 atom stereocenters. The number of halogens is 3. The van der Waals surface area contributed by atoms with Gasteiger partial charge in [0.05, 0.1) is 11.2 Å². The summed E-state index contributed by atoms with van der Waals surface area (Å²) in [6, 6.07) is 4.61. The van der Waals surface area contributed by atoms with E-state index in [1.165, 1.54) is 24.3 Å². The first-order valence-corrected chi connectivity index (χ1v) is 16.8. The number of phenolic OH excluding ortho intramolecular Hbond substituents is 1. The topological polar surface area (TPSA) is 91.7 Å². The van der Waals surface area contributed by atoms with Gasteiger partial charge in [0, 0.05) is 46.4 Å². The number of carbonyl (C=O) groups is 1. The van der Waals surface area contributed by atoms with Crippen molar-refractivity contribution in [2.75, 3.05) is 19.7 Å². The fourth-order valence-corrected chi connectivity index (χ4v) is 9.47. The lowest BCUT2D eigenvalue weighted by Crippen LogP contribution is -2.50. The molecular formula is C35H38ClF2N5O3. The highest BCUT2D eigenvalue weighted by Crippen LogP contribution is 2.51. The Morgan fingerprint density at radius 3 is 2.63 bits per heavy atom. The van der Waals surface area contributed by atoms with Gasteiger partial charge in [-0.2, -0.15) is 9.97 Å². The summed E-state index contributed by atoms with van der Waals surface area (Å²) in [5, 5.41) is 11.3. The van der Waals surface area contributed by atoms with Crippen molar-refractivity contribution < 1.29 is 23.4 Å². The van der Waals surface area contributed by atoms with Crippen molar-refractivity contribution in [1.82, 2.24) is 24.8 Å². The number of carbonyl (C=O) groups excluding carboxylic acids is 1. The number of benzene rings is 1. The van der Waals surface area contributed by atoms with Crippen LogP contribution in [0.15, 0.2) is 30.9 Å². The summed E-state index contributed by atoms with van der Waals surface area (Å²) in [6.45, 7) is 7.33. The molecule has 1 saturated carbocycles. The van der Waals surface area contributed by atoms with Gasteiger partial charge in [-0.3, -0.25) is 9.69 Å². The number of fused-ring (bicyclic) bond motifs is 4. The minimum absolute atomic E-state index is 0.0159. The Morgan fingerprint density at radius 2 is 1.91 bits per heavy atom. The van der Waals surface area contributed by atoms with Crippen LogP contribution in [0.4, 0.5) is 8.78 Å². The van der Waals surface area contributed by atoms with Crippen LogP contribution in [-0.2, 0) is 10.2 Å². The third-order valence-electron chi connectivity index (χ3n) is 11.2. The summed E-state index contributed by atoms with van der Waals surface area (Å²) in [5.41, 5.74) is 1.32. The number of hydrogen-bond acceptors (Lipinski definition) is 7. The van der Waals surface area contributed by atoms with Gasteiger partial charge in [0.2, 0.25) is 5.91 Å². The Morgan fingerprint density at radius 1 is 1.15 bits per heavy atom. The van der Waals surface area contributed by atoms with Gasteiger partial charge in [0.25, 0.3) is 0 Å². The quantitative estimate of drug-likeness (QED) is 0.288. The lowest BCUT2D eigenvalue weighted by atomic mass is 9.73. The van der Waals surface area contributed by atoms with E-state index >= 15 is 4.39 Å². The van der Waals surface area contributed by atoms with Crippen LogP contribution in [0.1, 0.15) is 81.9 Å². The van der Waals surface area contributed by atoms with Gasteiger partial charge in [-0.1, -0.05) is 25.1 Å². The van der Waals surface area contributed by atoms with E-state index in [1.54, 1.807) is 0 Å². The highest BCUT2D eigenvalue weighted by molar-refractivity contribution is 6.32. The van der Waals surface area contributed by atoms with Crippen LogP contribution in [0.5, 0.6) is 11.8 Å². The lowest BCUT2D eigenvalue weighted by Gasteiger charge is -2.44. The van der Waals surface area contributed by atoms with Gasteiger partial charge < -0.3 is 14.7 Å².